The van der Waals surface area contributed by atoms with Crippen molar-refractivity contribution in [1.82, 2.24) is 9.47 Å². The Bertz CT molecular complexity index is 1720. The highest BCUT2D eigenvalue weighted by Gasteiger charge is 2.52. The zero-order valence-electron chi connectivity index (χ0n) is 23.1. The van der Waals surface area contributed by atoms with E-state index in [0.717, 1.165) is 17.7 Å². The first-order valence-corrected chi connectivity index (χ1v) is 13.6. The lowest BCUT2D eigenvalue weighted by atomic mass is 9.73. The van der Waals surface area contributed by atoms with Gasteiger partial charge >= 0.3 is 5.97 Å². The highest BCUT2D eigenvalue weighted by Crippen LogP contribution is 2.54. The Kier molecular flexibility index (Phi) is 6.76. The minimum absolute atomic E-state index is 0.129. The molecule has 0 bridgehead atoms. The van der Waals surface area contributed by atoms with E-state index in [1.54, 1.807) is 4.57 Å². The van der Waals surface area contributed by atoms with Crippen LogP contribution in [0.2, 0.25) is 0 Å². The molecular formula is C32H29F3N2O5. The molecule has 1 atom stereocenters. The Balaban J connectivity index is 1.62. The lowest BCUT2D eigenvalue weighted by Crippen LogP contribution is -2.53. The number of nitrogens with zero attached hydrogens (tertiary/aromatic N) is 2. The van der Waals surface area contributed by atoms with Gasteiger partial charge in [-0.2, -0.15) is 0 Å². The Hall–Kier alpha value is -4.31. The maximum Gasteiger partial charge on any atom is 0.323 e. The van der Waals surface area contributed by atoms with Gasteiger partial charge in [0.25, 0.3) is 0 Å². The molecule has 0 radical (unpaired) electrons. The molecule has 1 saturated heterocycles. The molecule has 218 valence electrons. The van der Waals surface area contributed by atoms with Crippen molar-refractivity contribution in [3.05, 3.63) is 94.9 Å². The molecule has 0 saturated carbocycles. The van der Waals surface area contributed by atoms with Crippen LogP contribution < -0.4 is 4.74 Å². The Morgan fingerprint density at radius 1 is 1.05 bits per heavy atom. The zero-order chi connectivity index (χ0) is 29.8. The SMILES string of the molecule is CC1(C)COC2(CCN(CC(=O)O)C(=O)C2)c2c1n(-c1ccc(F)c(F)c1)c1cc(F)cc(OCc3ccccc3)c21. The fraction of sp³-hybridized carbons (Fsp3) is 0.312. The second-order valence-electron chi connectivity index (χ2n) is 11.5. The molecule has 4 aromatic rings. The summed E-state index contributed by atoms with van der Waals surface area (Å²) in [6.45, 7) is 3.86. The van der Waals surface area contributed by atoms with Crippen LogP contribution in [0.5, 0.6) is 5.75 Å². The van der Waals surface area contributed by atoms with Gasteiger partial charge in [0.15, 0.2) is 11.6 Å². The number of likely N-dealkylation sites (tertiary alicyclic amines) is 1. The molecule has 1 amide bonds. The average molecular weight is 579 g/mol. The first-order valence-electron chi connectivity index (χ1n) is 13.6. The second-order valence-corrected chi connectivity index (χ2v) is 11.5. The van der Waals surface area contributed by atoms with Crippen molar-refractivity contribution < 1.29 is 37.3 Å². The molecule has 2 aliphatic rings. The van der Waals surface area contributed by atoms with Crippen molar-refractivity contribution in [3.63, 3.8) is 0 Å². The van der Waals surface area contributed by atoms with Gasteiger partial charge in [0.1, 0.15) is 30.3 Å². The van der Waals surface area contributed by atoms with Gasteiger partial charge in [0.05, 0.1) is 18.5 Å². The van der Waals surface area contributed by atoms with Crippen LogP contribution in [0.15, 0.2) is 60.7 Å². The molecule has 3 heterocycles. The first kappa shape index (κ1) is 27.8. The van der Waals surface area contributed by atoms with E-state index in [2.05, 4.69) is 0 Å². The number of hydrogen-bond acceptors (Lipinski definition) is 4. The van der Waals surface area contributed by atoms with Crippen molar-refractivity contribution in [1.29, 1.82) is 0 Å². The van der Waals surface area contributed by atoms with Gasteiger partial charge in [-0.1, -0.05) is 44.2 Å². The van der Waals surface area contributed by atoms with Gasteiger partial charge in [0, 0.05) is 46.4 Å². The quantitative estimate of drug-likeness (QED) is 0.311. The summed E-state index contributed by atoms with van der Waals surface area (Å²) in [4.78, 5) is 26.0. The molecule has 1 N–H and O–H groups in total. The van der Waals surface area contributed by atoms with Crippen molar-refractivity contribution in [3.8, 4) is 11.4 Å². The summed E-state index contributed by atoms with van der Waals surface area (Å²) in [5, 5.41) is 9.80. The van der Waals surface area contributed by atoms with Crippen LogP contribution >= 0.6 is 0 Å². The minimum Gasteiger partial charge on any atom is -0.488 e. The number of ether oxygens (including phenoxy) is 2. The number of aliphatic carboxylic acids is 1. The molecule has 2 aliphatic heterocycles. The summed E-state index contributed by atoms with van der Waals surface area (Å²) in [7, 11) is 0. The molecule has 42 heavy (non-hydrogen) atoms. The van der Waals surface area contributed by atoms with E-state index in [4.69, 9.17) is 9.47 Å². The Morgan fingerprint density at radius 3 is 2.50 bits per heavy atom. The minimum atomic E-state index is -1.18. The summed E-state index contributed by atoms with van der Waals surface area (Å²) < 4.78 is 58.4. The monoisotopic (exact) mass is 578 g/mol. The van der Waals surface area contributed by atoms with Crippen LogP contribution in [0.3, 0.4) is 0 Å². The van der Waals surface area contributed by atoms with Gasteiger partial charge in [-0.05, 0) is 30.2 Å². The van der Waals surface area contributed by atoms with Crippen molar-refractivity contribution in [2.24, 2.45) is 0 Å². The lowest BCUT2D eigenvalue weighted by molar-refractivity contribution is -0.161. The maximum atomic E-state index is 15.3. The van der Waals surface area contributed by atoms with Gasteiger partial charge in [-0.3, -0.25) is 9.59 Å². The molecule has 1 fully saturated rings. The van der Waals surface area contributed by atoms with Crippen LogP contribution in [0, 0.1) is 17.5 Å². The average Bonchev–Trinajstić information content (AvgIpc) is 3.30. The highest BCUT2D eigenvalue weighted by atomic mass is 19.2. The van der Waals surface area contributed by atoms with Crippen molar-refractivity contribution in [2.45, 2.75) is 44.3 Å². The third-order valence-corrected chi connectivity index (χ3v) is 8.10. The van der Waals surface area contributed by atoms with E-state index < -0.39 is 46.9 Å². The predicted molar refractivity (Wildman–Crippen MR) is 148 cm³/mol. The number of aromatic nitrogens is 1. The molecule has 1 unspecified atom stereocenters. The number of benzene rings is 3. The molecule has 7 nitrogen and oxygen atoms in total. The number of halogens is 3. The number of carbonyl (C=O) groups is 2. The largest absolute Gasteiger partial charge is 0.488 e. The van der Waals surface area contributed by atoms with E-state index in [-0.39, 0.29) is 44.0 Å². The summed E-state index contributed by atoms with van der Waals surface area (Å²) >= 11 is 0. The van der Waals surface area contributed by atoms with E-state index in [9.17, 15) is 23.5 Å². The number of hydrogen-bond donors (Lipinski definition) is 1. The van der Waals surface area contributed by atoms with Gasteiger partial charge < -0.3 is 24.0 Å². The van der Waals surface area contributed by atoms with Gasteiger partial charge in [0.2, 0.25) is 5.91 Å². The number of carbonyl (C=O) groups excluding carboxylic acids is 1. The lowest BCUT2D eigenvalue weighted by Gasteiger charge is -2.47. The summed E-state index contributed by atoms with van der Waals surface area (Å²) in [6.07, 6.45) is 0.136. The number of fused-ring (bicyclic) bond motifs is 4. The maximum absolute atomic E-state index is 15.3. The van der Waals surface area contributed by atoms with Crippen molar-refractivity contribution >= 4 is 22.8 Å². The molecule has 1 aromatic heterocycles. The summed E-state index contributed by atoms with van der Waals surface area (Å²) in [5.41, 5.74) is 0.856. The number of carboxylic acid groups (broad SMARTS) is 1. The molecule has 10 heteroatoms. The van der Waals surface area contributed by atoms with Gasteiger partial charge in [-0.15, -0.1) is 0 Å². The van der Waals surface area contributed by atoms with Crippen LogP contribution in [0.25, 0.3) is 16.6 Å². The number of piperidine rings is 1. The third-order valence-electron chi connectivity index (χ3n) is 8.10. The zero-order valence-corrected chi connectivity index (χ0v) is 23.1. The number of carboxylic acids is 1. The molecule has 6 rings (SSSR count). The van der Waals surface area contributed by atoms with Crippen LogP contribution in [-0.4, -0.2) is 46.1 Å². The van der Waals surface area contributed by atoms with Crippen LogP contribution in [0.4, 0.5) is 13.2 Å². The first-order chi connectivity index (χ1) is 20.0. The van der Waals surface area contributed by atoms with E-state index in [0.29, 0.717) is 22.2 Å². The standard InChI is InChI=1S/C32H29F3N2O5/c1-31(2)18-42-32(10-11-36(16-27(39)40)26(38)15-32)29-28-24(37(30(29)31)21-8-9-22(34)23(35)14-21)12-20(33)13-25(28)41-17-19-6-4-3-5-7-19/h3-9,12-14H,10-11,15-18H2,1-2H3,(H,39,40). The summed E-state index contributed by atoms with van der Waals surface area (Å²) in [5.74, 6) is -3.96. The van der Waals surface area contributed by atoms with Crippen LogP contribution in [-0.2, 0) is 31.9 Å². The van der Waals surface area contributed by atoms with E-state index in [1.165, 1.54) is 23.1 Å². The molecule has 0 aliphatic carbocycles. The smallest absolute Gasteiger partial charge is 0.323 e. The van der Waals surface area contributed by atoms with Gasteiger partial charge in [-0.25, -0.2) is 13.2 Å². The summed E-state index contributed by atoms with van der Waals surface area (Å²) in [6, 6.07) is 15.4. The fourth-order valence-electron chi connectivity index (χ4n) is 6.18. The fourth-order valence-corrected chi connectivity index (χ4v) is 6.18. The topological polar surface area (TPSA) is 81.0 Å². The molecule has 1 spiro atoms. The van der Waals surface area contributed by atoms with Crippen LogP contribution in [0.1, 0.15) is 43.5 Å². The van der Waals surface area contributed by atoms with E-state index >= 15 is 4.39 Å². The predicted octanol–water partition coefficient (Wildman–Crippen LogP) is 5.84. The molecular weight excluding hydrogens is 549 g/mol. The third kappa shape index (κ3) is 4.69. The molecule has 3 aromatic carbocycles. The van der Waals surface area contributed by atoms with Crippen molar-refractivity contribution in [2.75, 3.05) is 19.7 Å². The number of amides is 1. The van der Waals surface area contributed by atoms with E-state index in [1.807, 2.05) is 44.2 Å². The normalized spacial score (nSPS) is 19.7. The Labute approximate surface area is 240 Å². The highest BCUT2D eigenvalue weighted by molar-refractivity contribution is 5.95. The second kappa shape index (κ2) is 10.2. The number of rotatable bonds is 6. The Morgan fingerprint density at radius 2 is 1.81 bits per heavy atom.